The number of ether oxygens (including phenoxy) is 6. The van der Waals surface area contributed by atoms with E-state index in [2.05, 4.69) is 98.9 Å². The lowest BCUT2D eigenvalue weighted by Gasteiger charge is -2.42. The summed E-state index contributed by atoms with van der Waals surface area (Å²) in [5.74, 6) is -0.487. The van der Waals surface area contributed by atoms with E-state index in [4.69, 9.17) is 28.4 Å². The van der Waals surface area contributed by atoms with E-state index in [1.54, 1.807) is 0 Å². The fourth-order valence-corrected chi connectivity index (χ4v) is 6.18. The van der Waals surface area contributed by atoms with Crippen LogP contribution in [-0.2, 0) is 33.2 Å². The van der Waals surface area contributed by atoms with Crippen molar-refractivity contribution < 1.29 is 69.0 Å². The second-order valence-electron chi connectivity index (χ2n) is 15.1. The number of carbonyl (C=O) groups is 1. The number of allylic oxidation sites excluding steroid dienone is 17. The molecule has 2 aliphatic heterocycles. The fourth-order valence-electron chi connectivity index (χ4n) is 6.18. The zero-order chi connectivity index (χ0) is 45.9. The predicted molar refractivity (Wildman–Crippen MR) is 242 cm³/mol. The first-order valence-corrected chi connectivity index (χ1v) is 22.5. The van der Waals surface area contributed by atoms with E-state index in [0.29, 0.717) is 19.4 Å². The second kappa shape index (κ2) is 35.9. The smallest absolute Gasteiger partial charge is 0.306 e. The Morgan fingerprint density at radius 3 is 1.40 bits per heavy atom. The Labute approximate surface area is 374 Å². The van der Waals surface area contributed by atoms with Crippen molar-refractivity contribution in [2.75, 3.05) is 33.0 Å². The number of aliphatic hydroxyl groups excluding tert-OH is 7. The molecule has 63 heavy (non-hydrogen) atoms. The maximum absolute atomic E-state index is 12.9. The van der Waals surface area contributed by atoms with Gasteiger partial charge in [-0.05, 0) is 70.6 Å². The minimum atomic E-state index is -1.74. The van der Waals surface area contributed by atoms with Gasteiger partial charge in [-0.2, -0.15) is 0 Å². The van der Waals surface area contributed by atoms with Crippen molar-refractivity contribution in [1.82, 2.24) is 0 Å². The van der Waals surface area contributed by atoms with Crippen LogP contribution in [0.3, 0.4) is 0 Å². The first-order valence-electron chi connectivity index (χ1n) is 22.5. The lowest BCUT2D eigenvalue weighted by Crippen LogP contribution is -2.61. The average molecular weight is 889 g/mol. The van der Waals surface area contributed by atoms with Crippen molar-refractivity contribution in [2.24, 2.45) is 0 Å². The molecule has 2 heterocycles. The largest absolute Gasteiger partial charge is 0.457 e. The topological polar surface area (TPSA) is 214 Å². The Bertz CT molecular complexity index is 1450. The Hall–Kier alpha value is -3.35. The summed E-state index contributed by atoms with van der Waals surface area (Å²) in [6, 6.07) is 0. The molecule has 11 atom stereocenters. The monoisotopic (exact) mass is 889 g/mol. The van der Waals surface area contributed by atoms with Crippen molar-refractivity contribution in [2.45, 2.75) is 158 Å². The molecule has 14 heteroatoms. The number of esters is 1. The minimum Gasteiger partial charge on any atom is -0.457 e. The van der Waals surface area contributed by atoms with Crippen LogP contribution < -0.4 is 0 Å². The molecule has 0 bridgehead atoms. The zero-order valence-corrected chi connectivity index (χ0v) is 37.3. The van der Waals surface area contributed by atoms with Crippen molar-refractivity contribution in [3.8, 4) is 0 Å². The summed E-state index contributed by atoms with van der Waals surface area (Å²) in [7, 11) is 0. The van der Waals surface area contributed by atoms with E-state index < -0.39 is 86.7 Å². The summed E-state index contributed by atoms with van der Waals surface area (Å²) in [4.78, 5) is 12.9. The van der Waals surface area contributed by atoms with Gasteiger partial charge in [0.1, 0.15) is 54.9 Å². The molecule has 0 aromatic rings. The predicted octanol–water partition coefficient (Wildman–Crippen LogP) is 5.28. The molecule has 7 N–H and O–H groups in total. The third kappa shape index (κ3) is 24.5. The highest BCUT2D eigenvalue weighted by molar-refractivity contribution is 5.69. The number of rotatable bonds is 32. The van der Waals surface area contributed by atoms with Crippen molar-refractivity contribution >= 4 is 5.97 Å². The first kappa shape index (κ1) is 55.8. The Balaban J connectivity index is 1.89. The summed E-state index contributed by atoms with van der Waals surface area (Å²) < 4.78 is 33.9. The van der Waals surface area contributed by atoms with Gasteiger partial charge in [0.25, 0.3) is 0 Å². The molecule has 2 saturated heterocycles. The van der Waals surface area contributed by atoms with Gasteiger partial charge >= 0.3 is 5.97 Å². The van der Waals surface area contributed by atoms with Crippen LogP contribution in [-0.4, -0.2) is 142 Å². The Morgan fingerprint density at radius 1 is 0.508 bits per heavy atom. The third-order valence-corrected chi connectivity index (χ3v) is 9.81. The summed E-state index contributed by atoms with van der Waals surface area (Å²) in [5.41, 5.74) is 0. The maximum atomic E-state index is 12.9. The molecule has 0 radical (unpaired) electrons. The van der Waals surface area contributed by atoms with E-state index in [1.165, 1.54) is 0 Å². The van der Waals surface area contributed by atoms with E-state index in [0.717, 1.165) is 57.8 Å². The van der Waals surface area contributed by atoms with Gasteiger partial charge < -0.3 is 64.2 Å². The highest BCUT2D eigenvalue weighted by atomic mass is 16.7. The van der Waals surface area contributed by atoms with Crippen LogP contribution in [0.25, 0.3) is 0 Å². The normalized spacial score (nSPS) is 28.0. The van der Waals surface area contributed by atoms with Gasteiger partial charge in [0.2, 0.25) is 0 Å². The summed E-state index contributed by atoms with van der Waals surface area (Å²) in [6.45, 7) is 3.07. The molecule has 0 aliphatic carbocycles. The van der Waals surface area contributed by atoms with E-state index in [1.807, 2.05) is 24.3 Å². The molecular formula is C49H76O14. The number of hydrogen-bond donors (Lipinski definition) is 7. The lowest BCUT2D eigenvalue weighted by molar-refractivity contribution is -0.332. The molecule has 2 fully saturated rings. The van der Waals surface area contributed by atoms with Crippen LogP contribution in [0.1, 0.15) is 90.9 Å². The quantitative estimate of drug-likeness (QED) is 0.0260. The summed E-state index contributed by atoms with van der Waals surface area (Å²) >= 11 is 0. The molecule has 2 aliphatic rings. The summed E-state index contributed by atoms with van der Waals surface area (Å²) in [5, 5.41) is 71.9. The second-order valence-corrected chi connectivity index (χ2v) is 15.1. The molecule has 0 saturated carbocycles. The van der Waals surface area contributed by atoms with Crippen molar-refractivity contribution in [3.63, 3.8) is 0 Å². The lowest BCUT2D eigenvalue weighted by atomic mass is 9.98. The van der Waals surface area contributed by atoms with Crippen LogP contribution in [0.2, 0.25) is 0 Å². The van der Waals surface area contributed by atoms with Gasteiger partial charge in [-0.25, -0.2) is 0 Å². The van der Waals surface area contributed by atoms with Gasteiger partial charge in [-0.3, -0.25) is 4.79 Å². The highest BCUT2D eigenvalue weighted by Crippen LogP contribution is 2.26. The van der Waals surface area contributed by atoms with Gasteiger partial charge in [-0.15, -0.1) is 0 Å². The Kier molecular flexibility index (Phi) is 31.8. The molecule has 2 rings (SSSR count). The SMILES string of the molecule is CC/C=C\C/C=C\C/C=C\C/C=C\C/C=C\CCOCC(COC1OC(COC2OC(CO)C(O)C(O)C2O)C(O)C(O)C1O)OC(=O)CC/C=C\C/C=C\C/C=C\C/C=C\CC. The van der Waals surface area contributed by atoms with Crippen LogP contribution in [0, 0.1) is 0 Å². The molecule has 356 valence electrons. The molecule has 0 aromatic carbocycles. The highest BCUT2D eigenvalue weighted by Gasteiger charge is 2.47. The van der Waals surface area contributed by atoms with Crippen molar-refractivity contribution in [1.29, 1.82) is 0 Å². The van der Waals surface area contributed by atoms with Gasteiger partial charge in [0.05, 0.1) is 33.0 Å². The van der Waals surface area contributed by atoms with Crippen LogP contribution in [0.5, 0.6) is 0 Å². The molecule has 11 unspecified atom stereocenters. The third-order valence-electron chi connectivity index (χ3n) is 9.81. The number of hydrogen-bond acceptors (Lipinski definition) is 14. The van der Waals surface area contributed by atoms with E-state index >= 15 is 0 Å². The standard InChI is InChI=1S/C49H76O14/c1-3-5-7-9-11-13-15-17-18-19-21-23-25-27-29-31-33-58-35-38(61-41(51)32-30-28-26-24-22-20-16-14-12-10-8-6-4-2)36-59-48-47(57)45(55)43(53)40(63-48)37-60-49-46(56)44(54)42(52)39(34-50)62-49/h5-8,11-14,17-18,20-23,26-29,38-40,42-50,52-57H,3-4,9-10,15-16,19,24-25,30-37H2,1-2H3/b7-5-,8-6-,13-11-,14-12-,18-17-,22-20-,23-21-,28-26-,29-27-. The van der Waals surface area contributed by atoms with Gasteiger partial charge in [-0.1, -0.05) is 123 Å². The van der Waals surface area contributed by atoms with Crippen molar-refractivity contribution in [3.05, 3.63) is 109 Å². The summed E-state index contributed by atoms with van der Waals surface area (Å²) in [6.07, 6.45) is 30.6. The minimum absolute atomic E-state index is 0.0297. The zero-order valence-electron chi connectivity index (χ0n) is 37.3. The first-order chi connectivity index (χ1) is 30.6. The van der Waals surface area contributed by atoms with Crippen LogP contribution in [0.15, 0.2) is 109 Å². The van der Waals surface area contributed by atoms with E-state index in [9.17, 15) is 40.5 Å². The number of aliphatic hydroxyl groups is 7. The van der Waals surface area contributed by atoms with E-state index in [-0.39, 0.29) is 19.6 Å². The number of carbonyl (C=O) groups excluding carboxylic acids is 1. The Morgan fingerprint density at radius 2 is 0.921 bits per heavy atom. The van der Waals surface area contributed by atoms with Crippen LogP contribution >= 0.6 is 0 Å². The molecule has 0 amide bonds. The van der Waals surface area contributed by atoms with Gasteiger partial charge in [0, 0.05) is 6.42 Å². The molecular weight excluding hydrogens is 813 g/mol. The maximum Gasteiger partial charge on any atom is 0.306 e. The van der Waals surface area contributed by atoms with Crippen LogP contribution in [0.4, 0.5) is 0 Å². The average Bonchev–Trinajstić information content (AvgIpc) is 3.28. The molecule has 14 nitrogen and oxygen atoms in total. The molecule has 0 aromatic heterocycles. The fraction of sp³-hybridized carbons (Fsp3) is 0.612. The van der Waals surface area contributed by atoms with Gasteiger partial charge in [0.15, 0.2) is 12.6 Å². The molecule has 0 spiro atoms.